The molecule has 1 saturated heterocycles. The molecule has 0 aromatic carbocycles. The van der Waals surface area contributed by atoms with Gasteiger partial charge in [0.05, 0.1) is 6.54 Å². The molecule has 0 spiro atoms. The van der Waals surface area contributed by atoms with E-state index in [-0.39, 0.29) is 23.9 Å². The Labute approximate surface area is 137 Å². The first-order chi connectivity index (χ1) is 10.7. The van der Waals surface area contributed by atoms with Crippen LogP contribution in [0, 0.1) is 0 Å². The van der Waals surface area contributed by atoms with Crippen molar-refractivity contribution in [1.29, 1.82) is 0 Å². The SMILES string of the molecule is CN(CC(=O)NC(C)(C)C)C(=O)C1(n2cccn2)CCNCC1. The molecular weight excluding hydrogens is 294 g/mol. The maximum atomic E-state index is 13.1. The Bertz CT molecular complexity index is 541. The number of rotatable bonds is 4. The van der Waals surface area contributed by atoms with Gasteiger partial charge < -0.3 is 15.5 Å². The molecule has 2 N–H and O–H groups in total. The summed E-state index contributed by atoms with van der Waals surface area (Å²) in [6, 6.07) is 1.82. The van der Waals surface area contributed by atoms with Gasteiger partial charge in [-0.25, -0.2) is 0 Å². The van der Waals surface area contributed by atoms with Crippen molar-refractivity contribution < 1.29 is 9.59 Å². The van der Waals surface area contributed by atoms with Crippen molar-refractivity contribution in [3.05, 3.63) is 18.5 Å². The fourth-order valence-electron chi connectivity index (χ4n) is 3.00. The van der Waals surface area contributed by atoms with Crippen molar-refractivity contribution in [3.63, 3.8) is 0 Å². The molecule has 7 heteroatoms. The van der Waals surface area contributed by atoms with Gasteiger partial charge in [-0.15, -0.1) is 0 Å². The van der Waals surface area contributed by atoms with Gasteiger partial charge in [0.1, 0.15) is 5.54 Å². The largest absolute Gasteiger partial charge is 0.350 e. The lowest BCUT2D eigenvalue weighted by atomic mass is 9.87. The Morgan fingerprint density at radius 3 is 2.52 bits per heavy atom. The van der Waals surface area contributed by atoms with Crippen LogP contribution < -0.4 is 10.6 Å². The van der Waals surface area contributed by atoms with Crippen LogP contribution in [0.3, 0.4) is 0 Å². The van der Waals surface area contributed by atoms with E-state index in [2.05, 4.69) is 15.7 Å². The zero-order valence-corrected chi connectivity index (χ0v) is 14.4. The molecule has 0 unspecified atom stereocenters. The molecule has 0 saturated carbocycles. The summed E-state index contributed by atoms with van der Waals surface area (Å²) in [6.07, 6.45) is 4.84. The maximum absolute atomic E-state index is 13.1. The number of amides is 2. The Kier molecular flexibility index (Phi) is 5.09. The van der Waals surface area contributed by atoms with E-state index in [1.54, 1.807) is 17.9 Å². The van der Waals surface area contributed by atoms with Gasteiger partial charge in [0.15, 0.2) is 0 Å². The third kappa shape index (κ3) is 4.10. The van der Waals surface area contributed by atoms with Crippen LogP contribution in [-0.4, -0.2) is 58.7 Å². The summed E-state index contributed by atoms with van der Waals surface area (Å²) in [5, 5.41) is 10.5. The third-order valence-corrected chi connectivity index (χ3v) is 4.01. The van der Waals surface area contributed by atoms with E-state index in [1.165, 1.54) is 4.90 Å². The second-order valence-electron chi connectivity index (χ2n) is 7.19. The average Bonchev–Trinajstić information content (AvgIpc) is 2.99. The molecule has 0 aliphatic carbocycles. The number of hydrogen-bond donors (Lipinski definition) is 2. The van der Waals surface area contributed by atoms with Crippen molar-refractivity contribution in [2.24, 2.45) is 0 Å². The van der Waals surface area contributed by atoms with Crippen molar-refractivity contribution in [3.8, 4) is 0 Å². The van der Waals surface area contributed by atoms with Gasteiger partial charge in [-0.3, -0.25) is 14.3 Å². The lowest BCUT2D eigenvalue weighted by Crippen LogP contribution is -2.56. The molecule has 2 rings (SSSR count). The highest BCUT2D eigenvalue weighted by Gasteiger charge is 2.43. The number of carbonyl (C=O) groups excluding carboxylic acids is 2. The van der Waals surface area contributed by atoms with Crippen LogP contribution in [0.25, 0.3) is 0 Å². The molecule has 0 bridgehead atoms. The minimum absolute atomic E-state index is 0.0482. The third-order valence-electron chi connectivity index (χ3n) is 4.01. The minimum atomic E-state index is -0.703. The molecule has 0 radical (unpaired) electrons. The van der Waals surface area contributed by atoms with Gasteiger partial charge in [0, 0.05) is 25.0 Å². The van der Waals surface area contributed by atoms with Crippen LogP contribution in [-0.2, 0) is 15.1 Å². The molecular formula is C16H27N5O2. The van der Waals surface area contributed by atoms with Gasteiger partial charge in [-0.05, 0) is 52.8 Å². The fraction of sp³-hybridized carbons (Fsp3) is 0.688. The predicted octanol–water partition coefficient (Wildman–Crippen LogP) is 0.335. The highest BCUT2D eigenvalue weighted by molar-refractivity contribution is 5.89. The molecule has 1 aromatic rings. The normalized spacial score (nSPS) is 17.6. The standard InChI is InChI=1S/C16H27N5O2/c1-15(2,3)19-13(22)12-20(4)14(23)16(6-9-17-10-7-16)21-11-5-8-18-21/h5,8,11,17H,6-7,9-10,12H2,1-4H3,(H,19,22). The molecule has 0 atom stereocenters. The molecule has 1 fully saturated rings. The second kappa shape index (κ2) is 6.70. The smallest absolute Gasteiger partial charge is 0.250 e. The van der Waals surface area contributed by atoms with Crippen molar-refractivity contribution >= 4 is 11.8 Å². The van der Waals surface area contributed by atoms with Gasteiger partial charge in [-0.2, -0.15) is 5.10 Å². The quantitative estimate of drug-likeness (QED) is 0.838. The maximum Gasteiger partial charge on any atom is 0.250 e. The van der Waals surface area contributed by atoms with E-state index >= 15 is 0 Å². The lowest BCUT2D eigenvalue weighted by molar-refractivity contribution is -0.144. The zero-order valence-electron chi connectivity index (χ0n) is 14.4. The molecule has 1 aliphatic heterocycles. The van der Waals surface area contributed by atoms with E-state index in [1.807, 2.05) is 33.0 Å². The minimum Gasteiger partial charge on any atom is -0.350 e. The number of likely N-dealkylation sites (N-methyl/N-ethyl adjacent to an activating group) is 1. The van der Waals surface area contributed by atoms with Crippen LogP contribution in [0.5, 0.6) is 0 Å². The van der Waals surface area contributed by atoms with Crippen LogP contribution in [0.1, 0.15) is 33.6 Å². The van der Waals surface area contributed by atoms with E-state index in [0.29, 0.717) is 12.8 Å². The Morgan fingerprint density at radius 2 is 2.00 bits per heavy atom. The number of nitrogens with one attached hydrogen (secondary N) is 2. The summed E-state index contributed by atoms with van der Waals surface area (Å²) in [5.74, 6) is -0.218. The number of hydrogen-bond acceptors (Lipinski definition) is 4. The number of piperidine rings is 1. The number of carbonyl (C=O) groups is 2. The molecule has 1 aliphatic rings. The van der Waals surface area contributed by atoms with Crippen molar-refractivity contribution in [2.45, 2.75) is 44.7 Å². The lowest BCUT2D eigenvalue weighted by Gasteiger charge is -2.39. The van der Waals surface area contributed by atoms with E-state index < -0.39 is 5.54 Å². The summed E-state index contributed by atoms with van der Waals surface area (Å²) < 4.78 is 1.74. The monoisotopic (exact) mass is 321 g/mol. The van der Waals surface area contributed by atoms with Gasteiger partial charge in [0.25, 0.3) is 5.91 Å². The first-order valence-electron chi connectivity index (χ1n) is 8.02. The van der Waals surface area contributed by atoms with Crippen LogP contribution >= 0.6 is 0 Å². The second-order valence-corrected chi connectivity index (χ2v) is 7.19. The van der Waals surface area contributed by atoms with Gasteiger partial charge in [-0.1, -0.05) is 0 Å². The molecule has 23 heavy (non-hydrogen) atoms. The predicted molar refractivity (Wildman–Crippen MR) is 87.8 cm³/mol. The summed E-state index contributed by atoms with van der Waals surface area (Å²) >= 11 is 0. The highest BCUT2D eigenvalue weighted by Crippen LogP contribution is 2.29. The highest BCUT2D eigenvalue weighted by atomic mass is 16.2. The first-order valence-corrected chi connectivity index (χ1v) is 8.02. The summed E-state index contributed by atoms with van der Waals surface area (Å²) in [5.41, 5.74) is -1.01. The van der Waals surface area contributed by atoms with Crippen LogP contribution in [0.15, 0.2) is 18.5 Å². The Morgan fingerprint density at radius 1 is 1.35 bits per heavy atom. The molecule has 1 aromatic heterocycles. The van der Waals surface area contributed by atoms with E-state index in [0.717, 1.165) is 13.1 Å². The topological polar surface area (TPSA) is 79.3 Å². The summed E-state index contributed by atoms with van der Waals surface area (Å²) in [4.78, 5) is 26.7. The van der Waals surface area contributed by atoms with Crippen molar-refractivity contribution in [1.82, 2.24) is 25.3 Å². The molecule has 7 nitrogen and oxygen atoms in total. The summed E-state index contributed by atoms with van der Waals surface area (Å²) in [7, 11) is 1.68. The van der Waals surface area contributed by atoms with Gasteiger partial charge in [0.2, 0.25) is 5.91 Å². The van der Waals surface area contributed by atoms with Crippen molar-refractivity contribution in [2.75, 3.05) is 26.7 Å². The fourth-order valence-corrected chi connectivity index (χ4v) is 3.00. The Hall–Kier alpha value is -1.89. The van der Waals surface area contributed by atoms with Crippen LogP contribution in [0.4, 0.5) is 0 Å². The zero-order chi connectivity index (χ0) is 17.1. The average molecular weight is 321 g/mol. The first kappa shape index (κ1) is 17.5. The van der Waals surface area contributed by atoms with E-state index in [4.69, 9.17) is 0 Å². The van der Waals surface area contributed by atoms with E-state index in [9.17, 15) is 9.59 Å². The van der Waals surface area contributed by atoms with Crippen LogP contribution in [0.2, 0.25) is 0 Å². The summed E-state index contributed by atoms with van der Waals surface area (Å²) in [6.45, 7) is 7.33. The van der Waals surface area contributed by atoms with Gasteiger partial charge >= 0.3 is 0 Å². The number of aromatic nitrogens is 2. The Balaban J connectivity index is 2.13. The number of nitrogens with zero attached hydrogens (tertiary/aromatic N) is 3. The molecule has 2 amide bonds. The molecule has 2 heterocycles. The molecule has 128 valence electrons.